The molecule has 2 nitrogen and oxygen atoms in total. The number of anilines is 1. The van der Waals surface area contributed by atoms with Gasteiger partial charge in [0.25, 0.3) is 0 Å². The van der Waals surface area contributed by atoms with E-state index in [1.165, 1.54) is 11.3 Å². The number of benzene rings is 1. The summed E-state index contributed by atoms with van der Waals surface area (Å²) in [6.07, 6.45) is 0.366. The number of nitrogens with zero attached hydrogens (tertiary/aromatic N) is 1. The van der Waals surface area contributed by atoms with Crippen LogP contribution in [0.3, 0.4) is 0 Å². The van der Waals surface area contributed by atoms with Crippen LogP contribution in [0, 0.1) is 0 Å². The van der Waals surface area contributed by atoms with E-state index in [-0.39, 0.29) is 0 Å². The monoisotopic (exact) mass is 163 g/mol. The number of rotatable bonds is 2. The first kappa shape index (κ1) is 7.62. The van der Waals surface area contributed by atoms with Crippen LogP contribution in [0.2, 0.25) is 0 Å². The van der Waals surface area contributed by atoms with Crippen LogP contribution in [0.4, 0.5) is 5.69 Å². The molecule has 2 heteroatoms. The van der Waals surface area contributed by atoms with E-state index in [0.29, 0.717) is 6.10 Å². The van der Waals surface area contributed by atoms with E-state index in [1.54, 1.807) is 0 Å². The average Bonchev–Trinajstić information content (AvgIpc) is 2.87. The minimum absolute atomic E-state index is 0.366. The van der Waals surface area contributed by atoms with Crippen molar-refractivity contribution in [3.63, 3.8) is 0 Å². The van der Waals surface area contributed by atoms with Gasteiger partial charge >= 0.3 is 0 Å². The highest BCUT2D eigenvalue weighted by molar-refractivity contribution is 5.48. The van der Waals surface area contributed by atoms with Crippen molar-refractivity contribution in [2.45, 2.75) is 6.10 Å². The minimum atomic E-state index is 0.366. The SMILES string of the molecule is CN(C)c1cccc([C@@H]2CO2)c1. The molecular weight excluding hydrogens is 150 g/mol. The van der Waals surface area contributed by atoms with Gasteiger partial charge in [-0.3, -0.25) is 0 Å². The van der Waals surface area contributed by atoms with Crippen molar-refractivity contribution in [2.24, 2.45) is 0 Å². The van der Waals surface area contributed by atoms with Crippen molar-refractivity contribution in [1.29, 1.82) is 0 Å². The molecule has 0 unspecified atom stereocenters. The number of hydrogen-bond donors (Lipinski definition) is 0. The van der Waals surface area contributed by atoms with Crippen LogP contribution in [0.1, 0.15) is 11.7 Å². The van der Waals surface area contributed by atoms with E-state index < -0.39 is 0 Å². The second-order valence-electron chi connectivity index (χ2n) is 3.31. The van der Waals surface area contributed by atoms with Crippen LogP contribution >= 0.6 is 0 Å². The number of hydrogen-bond acceptors (Lipinski definition) is 2. The molecule has 1 fully saturated rings. The number of ether oxygens (including phenoxy) is 1. The first-order valence-electron chi connectivity index (χ1n) is 4.16. The van der Waals surface area contributed by atoms with Crippen molar-refractivity contribution in [3.8, 4) is 0 Å². The third-order valence-electron chi connectivity index (χ3n) is 2.09. The van der Waals surface area contributed by atoms with E-state index in [9.17, 15) is 0 Å². The predicted octanol–water partition coefficient (Wildman–Crippen LogP) is 1.82. The average molecular weight is 163 g/mol. The second kappa shape index (κ2) is 2.79. The molecule has 0 aromatic heterocycles. The highest BCUT2D eigenvalue weighted by Gasteiger charge is 2.24. The summed E-state index contributed by atoms with van der Waals surface area (Å²) in [6, 6.07) is 8.47. The molecule has 64 valence electrons. The molecule has 12 heavy (non-hydrogen) atoms. The third-order valence-corrected chi connectivity index (χ3v) is 2.09. The Kier molecular flexibility index (Phi) is 1.77. The summed E-state index contributed by atoms with van der Waals surface area (Å²) in [5.74, 6) is 0. The number of epoxide rings is 1. The van der Waals surface area contributed by atoms with Crippen LogP contribution in [0.5, 0.6) is 0 Å². The molecule has 0 spiro atoms. The Hall–Kier alpha value is -1.02. The molecule has 1 aromatic carbocycles. The van der Waals surface area contributed by atoms with Crippen LogP contribution in [0.25, 0.3) is 0 Å². The maximum absolute atomic E-state index is 5.21. The fraction of sp³-hybridized carbons (Fsp3) is 0.400. The Morgan fingerprint density at radius 1 is 1.42 bits per heavy atom. The van der Waals surface area contributed by atoms with Gasteiger partial charge in [-0.2, -0.15) is 0 Å². The lowest BCUT2D eigenvalue weighted by atomic mass is 10.1. The normalized spacial score (nSPS) is 20.7. The van der Waals surface area contributed by atoms with Gasteiger partial charge in [0.15, 0.2) is 0 Å². The second-order valence-corrected chi connectivity index (χ2v) is 3.31. The largest absolute Gasteiger partial charge is 0.378 e. The molecule has 1 aliphatic rings. The van der Waals surface area contributed by atoms with Gasteiger partial charge in [0, 0.05) is 19.8 Å². The first-order chi connectivity index (χ1) is 5.77. The summed E-state index contributed by atoms with van der Waals surface area (Å²) in [5.41, 5.74) is 2.53. The standard InChI is InChI=1S/C10H13NO/c1-11(2)9-5-3-4-8(6-9)10-7-12-10/h3-6,10H,7H2,1-2H3/t10-/m0/s1. The van der Waals surface area contributed by atoms with Crippen molar-refractivity contribution in [1.82, 2.24) is 0 Å². The Morgan fingerprint density at radius 3 is 2.75 bits per heavy atom. The fourth-order valence-electron chi connectivity index (χ4n) is 1.24. The zero-order valence-corrected chi connectivity index (χ0v) is 7.45. The fourth-order valence-corrected chi connectivity index (χ4v) is 1.24. The molecule has 0 saturated carbocycles. The summed E-state index contributed by atoms with van der Waals surface area (Å²) < 4.78 is 5.21. The van der Waals surface area contributed by atoms with Gasteiger partial charge in [0.1, 0.15) is 6.10 Å². The van der Waals surface area contributed by atoms with Crippen LogP contribution in [0.15, 0.2) is 24.3 Å². The van der Waals surface area contributed by atoms with E-state index in [0.717, 1.165) is 6.61 Å². The van der Waals surface area contributed by atoms with Crippen LogP contribution < -0.4 is 4.90 Å². The van der Waals surface area contributed by atoms with Crippen molar-refractivity contribution in [2.75, 3.05) is 25.6 Å². The molecule has 2 rings (SSSR count). The minimum Gasteiger partial charge on any atom is -0.378 e. The van der Waals surface area contributed by atoms with Crippen molar-refractivity contribution >= 4 is 5.69 Å². The lowest BCUT2D eigenvalue weighted by Gasteiger charge is -2.12. The van der Waals surface area contributed by atoms with E-state index in [1.807, 2.05) is 14.1 Å². The molecule has 0 N–H and O–H groups in total. The van der Waals surface area contributed by atoms with Gasteiger partial charge in [-0.25, -0.2) is 0 Å². The zero-order chi connectivity index (χ0) is 8.55. The van der Waals surface area contributed by atoms with Crippen LogP contribution in [-0.4, -0.2) is 20.7 Å². The zero-order valence-electron chi connectivity index (χ0n) is 7.45. The molecule has 1 aromatic rings. The van der Waals surface area contributed by atoms with E-state index in [2.05, 4.69) is 29.2 Å². The Balaban J connectivity index is 2.26. The van der Waals surface area contributed by atoms with Gasteiger partial charge in [0.05, 0.1) is 6.61 Å². The smallest absolute Gasteiger partial charge is 0.106 e. The summed E-state index contributed by atoms with van der Waals surface area (Å²) >= 11 is 0. The molecule has 0 aliphatic carbocycles. The molecule has 0 radical (unpaired) electrons. The summed E-state index contributed by atoms with van der Waals surface area (Å²) in [5, 5.41) is 0. The van der Waals surface area contributed by atoms with E-state index in [4.69, 9.17) is 4.74 Å². The molecule has 1 heterocycles. The maximum atomic E-state index is 5.21. The topological polar surface area (TPSA) is 15.8 Å². The van der Waals surface area contributed by atoms with Gasteiger partial charge in [-0.1, -0.05) is 12.1 Å². The molecule has 1 aliphatic heterocycles. The molecular formula is C10H13NO. The van der Waals surface area contributed by atoms with Gasteiger partial charge < -0.3 is 9.64 Å². The third kappa shape index (κ3) is 1.43. The van der Waals surface area contributed by atoms with Gasteiger partial charge in [0.2, 0.25) is 0 Å². The molecule has 0 amide bonds. The summed E-state index contributed by atoms with van der Waals surface area (Å²) in [6.45, 7) is 0.886. The predicted molar refractivity (Wildman–Crippen MR) is 49.5 cm³/mol. The highest BCUT2D eigenvalue weighted by Crippen LogP contribution is 2.31. The summed E-state index contributed by atoms with van der Waals surface area (Å²) in [4.78, 5) is 2.10. The molecule has 0 bridgehead atoms. The first-order valence-corrected chi connectivity index (χ1v) is 4.16. The van der Waals surface area contributed by atoms with Crippen molar-refractivity contribution in [3.05, 3.63) is 29.8 Å². The Bertz CT molecular complexity index is 262. The Morgan fingerprint density at radius 2 is 2.17 bits per heavy atom. The lowest BCUT2D eigenvalue weighted by molar-refractivity contribution is 0.415. The van der Waals surface area contributed by atoms with Crippen LogP contribution in [-0.2, 0) is 4.74 Å². The summed E-state index contributed by atoms with van der Waals surface area (Å²) in [7, 11) is 4.10. The lowest BCUT2D eigenvalue weighted by Crippen LogP contribution is -2.08. The van der Waals surface area contributed by atoms with Crippen molar-refractivity contribution < 1.29 is 4.74 Å². The highest BCUT2D eigenvalue weighted by atomic mass is 16.6. The molecule has 1 atom stereocenters. The molecule has 1 saturated heterocycles. The van der Waals surface area contributed by atoms with Gasteiger partial charge in [-0.15, -0.1) is 0 Å². The quantitative estimate of drug-likeness (QED) is 0.618. The van der Waals surface area contributed by atoms with Gasteiger partial charge in [-0.05, 0) is 17.7 Å². The van der Waals surface area contributed by atoms with E-state index >= 15 is 0 Å². The maximum Gasteiger partial charge on any atom is 0.106 e. The Labute approximate surface area is 72.8 Å².